The SMILES string of the molecule is COC(OC)C1CCN(c2cccc(N)c2)CC1. The van der Waals surface area contributed by atoms with Gasteiger partial charge in [0.1, 0.15) is 0 Å². The van der Waals surface area contributed by atoms with E-state index in [1.165, 1.54) is 5.69 Å². The van der Waals surface area contributed by atoms with Gasteiger partial charge in [-0.1, -0.05) is 6.07 Å². The second-order valence-corrected chi connectivity index (χ2v) is 4.76. The molecule has 0 amide bonds. The Morgan fingerprint density at radius 1 is 1.22 bits per heavy atom. The van der Waals surface area contributed by atoms with Crippen molar-refractivity contribution in [1.82, 2.24) is 0 Å². The third-order valence-corrected chi connectivity index (χ3v) is 3.62. The first-order valence-corrected chi connectivity index (χ1v) is 6.40. The fraction of sp³-hybridized carbons (Fsp3) is 0.571. The second-order valence-electron chi connectivity index (χ2n) is 4.76. The molecule has 1 heterocycles. The van der Waals surface area contributed by atoms with Gasteiger partial charge in [-0.15, -0.1) is 0 Å². The van der Waals surface area contributed by atoms with Gasteiger partial charge in [-0.3, -0.25) is 0 Å². The molecular weight excluding hydrogens is 228 g/mol. The minimum absolute atomic E-state index is 0.0759. The van der Waals surface area contributed by atoms with E-state index in [2.05, 4.69) is 11.0 Å². The van der Waals surface area contributed by atoms with Crippen molar-refractivity contribution in [2.75, 3.05) is 37.9 Å². The number of hydrogen-bond acceptors (Lipinski definition) is 4. The average Bonchev–Trinajstić information content (AvgIpc) is 2.41. The van der Waals surface area contributed by atoms with Crippen molar-refractivity contribution in [3.8, 4) is 0 Å². The zero-order valence-electron chi connectivity index (χ0n) is 11.1. The van der Waals surface area contributed by atoms with Crippen LogP contribution in [0.2, 0.25) is 0 Å². The Hall–Kier alpha value is -1.26. The fourth-order valence-electron chi connectivity index (χ4n) is 2.63. The summed E-state index contributed by atoms with van der Waals surface area (Å²) < 4.78 is 10.7. The maximum atomic E-state index is 5.82. The molecule has 1 saturated heterocycles. The molecule has 100 valence electrons. The summed E-state index contributed by atoms with van der Waals surface area (Å²) in [5.74, 6) is 0.484. The van der Waals surface area contributed by atoms with E-state index in [4.69, 9.17) is 15.2 Å². The molecule has 1 aromatic carbocycles. The smallest absolute Gasteiger partial charge is 0.159 e. The second kappa shape index (κ2) is 6.07. The van der Waals surface area contributed by atoms with Crippen molar-refractivity contribution in [2.24, 2.45) is 5.92 Å². The lowest BCUT2D eigenvalue weighted by atomic mass is 9.95. The van der Waals surface area contributed by atoms with E-state index >= 15 is 0 Å². The topological polar surface area (TPSA) is 47.7 Å². The molecule has 1 aliphatic heterocycles. The van der Waals surface area contributed by atoms with Crippen LogP contribution in [0.5, 0.6) is 0 Å². The van der Waals surface area contributed by atoms with E-state index in [-0.39, 0.29) is 6.29 Å². The molecule has 0 aliphatic carbocycles. The monoisotopic (exact) mass is 250 g/mol. The summed E-state index contributed by atoms with van der Waals surface area (Å²) in [6.45, 7) is 2.05. The van der Waals surface area contributed by atoms with Gasteiger partial charge in [0.05, 0.1) is 0 Å². The predicted octanol–water partition coefficient (Wildman–Crippen LogP) is 2.10. The molecule has 2 N–H and O–H groups in total. The van der Waals surface area contributed by atoms with Crippen LogP contribution in [0.15, 0.2) is 24.3 Å². The molecule has 1 aliphatic rings. The maximum absolute atomic E-state index is 5.82. The summed E-state index contributed by atoms with van der Waals surface area (Å²) in [7, 11) is 3.41. The van der Waals surface area contributed by atoms with Gasteiger partial charge in [-0.2, -0.15) is 0 Å². The van der Waals surface area contributed by atoms with Gasteiger partial charge in [0.15, 0.2) is 6.29 Å². The molecule has 4 nitrogen and oxygen atoms in total. The van der Waals surface area contributed by atoms with Gasteiger partial charge >= 0.3 is 0 Å². The summed E-state index contributed by atoms with van der Waals surface area (Å²) in [6, 6.07) is 8.07. The van der Waals surface area contributed by atoms with Crippen LogP contribution < -0.4 is 10.6 Å². The van der Waals surface area contributed by atoms with Crippen LogP contribution in [-0.2, 0) is 9.47 Å². The molecule has 4 heteroatoms. The molecule has 0 spiro atoms. The van der Waals surface area contributed by atoms with Crippen LogP contribution in [0.3, 0.4) is 0 Å². The maximum Gasteiger partial charge on any atom is 0.159 e. The highest BCUT2D eigenvalue weighted by molar-refractivity contribution is 5.56. The Morgan fingerprint density at radius 2 is 1.89 bits per heavy atom. The van der Waals surface area contributed by atoms with Crippen LogP contribution in [0, 0.1) is 5.92 Å². The Balaban J connectivity index is 1.94. The van der Waals surface area contributed by atoms with Crippen molar-refractivity contribution in [3.63, 3.8) is 0 Å². The van der Waals surface area contributed by atoms with Crippen LogP contribution >= 0.6 is 0 Å². The highest BCUT2D eigenvalue weighted by Crippen LogP contribution is 2.27. The van der Waals surface area contributed by atoms with Crippen molar-refractivity contribution in [2.45, 2.75) is 19.1 Å². The molecule has 1 fully saturated rings. The lowest BCUT2D eigenvalue weighted by Crippen LogP contribution is -2.39. The Bertz CT molecular complexity index is 372. The fourth-order valence-corrected chi connectivity index (χ4v) is 2.63. The Morgan fingerprint density at radius 3 is 2.44 bits per heavy atom. The highest BCUT2D eigenvalue weighted by atomic mass is 16.7. The molecule has 0 radical (unpaired) electrons. The lowest BCUT2D eigenvalue weighted by Gasteiger charge is -2.36. The number of nitrogens with two attached hydrogens (primary N) is 1. The molecule has 1 aromatic rings. The zero-order chi connectivity index (χ0) is 13.0. The highest BCUT2D eigenvalue weighted by Gasteiger charge is 2.26. The number of benzene rings is 1. The van der Waals surface area contributed by atoms with Gasteiger partial charge < -0.3 is 20.1 Å². The van der Waals surface area contributed by atoms with Gasteiger partial charge in [0.25, 0.3) is 0 Å². The lowest BCUT2D eigenvalue weighted by molar-refractivity contribution is -0.141. The van der Waals surface area contributed by atoms with Gasteiger partial charge in [0.2, 0.25) is 0 Å². The summed E-state index contributed by atoms with van der Waals surface area (Å²) in [5, 5.41) is 0. The third kappa shape index (κ3) is 2.94. The average molecular weight is 250 g/mol. The zero-order valence-corrected chi connectivity index (χ0v) is 11.1. The van der Waals surface area contributed by atoms with Crippen molar-refractivity contribution < 1.29 is 9.47 Å². The number of rotatable bonds is 4. The van der Waals surface area contributed by atoms with Crippen molar-refractivity contribution in [1.29, 1.82) is 0 Å². The van der Waals surface area contributed by atoms with Crippen LogP contribution in [0.4, 0.5) is 11.4 Å². The van der Waals surface area contributed by atoms with Gasteiger partial charge in [-0.25, -0.2) is 0 Å². The molecule has 0 bridgehead atoms. The summed E-state index contributed by atoms with van der Waals surface area (Å²) in [6.07, 6.45) is 2.09. The quantitative estimate of drug-likeness (QED) is 0.656. The number of nitrogen functional groups attached to an aromatic ring is 1. The predicted molar refractivity (Wildman–Crippen MR) is 73.6 cm³/mol. The first kappa shape index (κ1) is 13.2. The van der Waals surface area contributed by atoms with E-state index in [0.717, 1.165) is 31.6 Å². The molecule has 2 rings (SSSR count). The molecule has 18 heavy (non-hydrogen) atoms. The van der Waals surface area contributed by atoms with E-state index in [1.807, 2.05) is 18.2 Å². The number of piperidine rings is 1. The van der Waals surface area contributed by atoms with Gasteiger partial charge in [-0.05, 0) is 31.0 Å². The normalized spacial score (nSPS) is 17.4. The minimum atomic E-state index is -0.0759. The van der Waals surface area contributed by atoms with Gasteiger partial charge in [0, 0.05) is 44.6 Å². The number of hydrogen-bond donors (Lipinski definition) is 1. The van der Waals surface area contributed by atoms with Crippen LogP contribution in [0.25, 0.3) is 0 Å². The molecule has 0 saturated carbocycles. The minimum Gasteiger partial charge on any atom is -0.399 e. The summed E-state index contributed by atoms with van der Waals surface area (Å²) in [5.41, 5.74) is 7.85. The number of methoxy groups -OCH3 is 2. The largest absolute Gasteiger partial charge is 0.399 e. The number of nitrogens with zero attached hydrogens (tertiary/aromatic N) is 1. The molecule has 0 atom stereocenters. The van der Waals surface area contributed by atoms with Crippen molar-refractivity contribution >= 4 is 11.4 Å². The first-order chi connectivity index (χ1) is 8.74. The van der Waals surface area contributed by atoms with E-state index in [1.54, 1.807) is 14.2 Å². The van der Waals surface area contributed by atoms with E-state index in [9.17, 15) is 0 Å². The Labute approximate surface area is 109 Å². The summed E-state index contributed by atoms with van der Waals surface area (Å²) >= 11 is 0. The van der Waals surface area contributed by atoms with E-state index < -0.39 is 0 Å². The summed E-state index contributed by atoms with van der Waals surface area (Å²) in [4.78, 5) is 2.37. The van der Waals surface area contributed by atoms with Crippen LogP contribution in [0.1, 0.15) is 12.8 Å². The molecule has 0 aromatic heterocycles. The van der Waals surface area contributed by atoms with E-state index in [0.29, 0.717) is 5.92 Å². The first-order valence-electron chi connectivity index (χ1n) is 6.40. The Kier molecular flexibility index (Phi) is 4.44. The molecular formula is C14H22N2O2. The number of ether oxygens (including phenoxy) is 2. The molecule has 0 unspecified atom stereocenters. The third-order valence-electron chi connectivity index (χ3n) is 3.62. The van der Waals surface area contributed by atoms with Crippen LogP contribution in [-0.4, -0.2) is 33.6 Å². The van der Waals surface area contributed by atoms with Crippen molar-refractivity contribution in [3.05, 3.63) is 24.3 Å². The standard InChI is InChI=1S/C14H22N2O2/c1-17-14(18-2)11-6-8-16(9-7-11)13-5-3-4-12(15)10-13/h3-5,10-11,14H,6-9,15H2,1-2H3. The number of anilines is 2.